The molecule has 4 heteroatoms. The van der Waals surface area contributed by atoms with Crippen molar-refractivity contribution in [1.29, 1.82) is 0 Å². The molecule has 1 N–H and O–H groups in total. The molecular weight excluding hydrogens is 190 g/mol. The summed E-state index contributed by atoms with van der Waals surface area (Å²) in [6, 6.07) is 0.547. The van der Waals surface area contributed by atoms with Crippen LogP contribution < -0.4 is 5.32 Å². The van der Waals surface area contributed by atoms with Crippen molar-refractivity contribution in [2.45, 2.75) is 50.5 Å². The number of aromatic nitrogens is 2. The highest BCUT2D eigenvalue weighted by atomic mass is 16.5. The van der Waals surface area contributed by atoms with E-state index in [0.29, 0.717) is 12.0 Å². The number of piperidine rings is 1. The van der Waals surface area contributed by atoms with Crippen LogP contribution in [0.4, 0.5) is 0 Å². The van der Waals surface area contributed by atoms with Crippen molar-refractivity contribution in [3.05, 3.63) is 11.7 Å². The van der Waals surface area contributed by atoms with Crippen LogP contribution in [0.1, 0.15) is 49.7 Å². The highest BCUT2D eigenvalue weighted by Crippen LogP contribution is 2.38. The van der Waals surface area contributed by atoms with Gasteiger partial charge in [0.05, 0.1) is 0 Å². The fourth-order valence-electron chi connectivity index (χ4n) is 2.17. The van der Waals surface area contributed by atoms with Gasteiger partial charge in [0.2, 0.25) is 5.89 Å². The van der Waals surface area contributed by atoms with Crippen LogP contribution in [0.2, 0.25) is 0 Å². The Kier molecular flexibility index (Phi) is 2.44. The van der Waals surface area contributed by atoms with Crippen LogP contribution in [-0.2, 0) is 6.42 Å². The first-order valence-electron chi connectivity index (χ1n) is 5.97. The highest BCUT2D eigenvalue weighted by molar-refractivity contribution is 5.03. The third kappa shape index (κ3) is 2.20. The second-order valence-corrected chi connectivity index (χ2v) is 4.67. The van der Waals surface area contributed by atoms with E-state index in [0.717, 1.165) is 24.7 Å². The van der Waals surface area contributed by atoms with E-state index in [2.05, 4.69) is 15.5 Å². The van der Waals surface area contributed by atoms with Crippen molar-refractivity contribution in [1.82, 2.24) is 15.5 Å². The lowest BCUT2D eigenvalue weighted by Gasteiger charge is -2.21. The Hall–Kier alpha value is -0.900. The topological polar surface area (TPSA) is 51.0 Å². The molecule has 1 aliphatic carbocycles. The molecule has 0 spiro atoms. The van der Waals surface area contributed by atoms with Crippen LogP contribution in [0.3, 0.4) is 0 Å². The number of nitrogens with one attached hydrogen (secondary N) is 1. The maximum absolute atomic E-state index is 5.27. The number of nitrogens with zero attached hydrogens (tertiary/aromatic N) is 2. The Balaban J connectivity index is 1.60. The monoisotopic (exact) mass is 207 g/mol. The van der Waals surface area contributed by atoms with Crippen molar-refractivity contribution < 1.29 is 4.52 Å². The maximum atomic E-state index is 5.27. The molecule has 2 fully saturated rings. The van der Waals surface area contributed by atoms with Crippen LogP contribution in [0, 0.1) is 0 Å². The van der Waals surface area contributed by atoms with Gasteiger partial charge in [0, 0.05) is 18.4 Å². The molecule has 1 saturated carbocycles. The van der Waals surface area contributed by atoms with Gasteiger partial charge in [-0.25, -0.2) is 0 Å². The second kappa shape index (κ2) is 3.93. The van der Waals surface area contributed by atoms with Gasteiger partial charge in [-0.1, -0.05) is 11.6 Å². The van der Waals surface area contributed by atoms with Crippen LogP contribution in [0.25, 0.3) is 0 Å². The van der Waals surface area contributed by atoms with Gasteiger partial charge in [-0.3, -0.25) is 0 Å². The molecule has 1 aromatic rings. The zero-order chi connectivity index (χ0) is 10.1. The molecule has 82 valence electrons. The normalized spacial score (nSPS) is 26.8. The molecule has 1 saturated heterocycles. The van der Waals surface area contributed by atoms with Crippen molar-refractivity contribution in [3.63, 3.8) is 0 Å². The van der Waals surface area contributed by atoms with Crippen molar-refractivity contribution in [2.24, 2.45) is 0 Å². The second-order valence-electron chi connectivity index (χ2n) is 4.67. The average molecular weight is 207 g/mol. The summed E-state index contributed by atoms with van der Waals surface area (Å²) in [7, 11) is 0. The predicted octanol–water partition coefficient (Wildman–Crippen LogP) is 1.63. The van der Waals surface area contributed by atoms with Crippen molar-refractivity contribution in [2.75, 3.05) is 6.54 Å². The summed E-state index contributed by atoms with van der Waals surface area (Å²) in [4.78, 5) is 4.45. The maximum Gasteiger partial charge on any atom is 0.228 e. The lowest BCUT2D eigenvalue weighted by molar-refractivity contribution is 0.329. The molecule has 1 atom stereocenters. The SMILES string of the molecule is C1CC[C@H](Cc2nc(C3CC3)no2)NC1. The highest BCUT2D eigenvalue weighted by Gasteiger charge is 2.29. The molecule has 4 nitrogen and oxygen atoms in total. The standard InChI is InChI=1S/C11H17N3O/c1-2-6-12-9(3-1)7-10-13-11(14-15-10)8-4-5-8/h8-9,12H,1-7H2/t9-/m1/s1. The molecule has 0 unspecified atom stereocenters. The van der Waals surface area contributed by atoms with Gasteiger partial charge in [0.25, 0.3) is 0 Å². The molecule has 1 aromatic heterocycles. The first-order valence-corrected chi connectivity index (χ1v) is 5.97. The summed E-state index contributed by atoms with van der Waals surface area (Å²) in [6.45, 7) is 1.13. The summed E-state index contributed by atoms with van der Waals surface area (Å²) < 4.78 is 5.27. The molecule has 2 heterocycles. The molecule has 1 aliphatic heterocycles. The summed E-state index contributed by atoms with van der Waals surface area (Å²) in [6.07, 6.45) is 7.23. The quantitative estimate of drug-likeness (QED) is 0.818. The summed E-state index contributed by atoms with van der Waals surface area (Å²) in [5.41, 5.74) is 0. The Bertz CT molecular complexity index is 326. The first-order chi connectivity index (χ1) is 7.42. The fraction of sp³-hybridized carbons (Fsp3) is 0.818. The van der Waals surface area contributed by atoms with E-state index in [4.69, 9.17) is 4.52 Å². The third-order valence-corrected chi connectivity index (χ3v) is 3.26. The Morgan fingerprint density at radius 2 is 2.20 bits per heavy atom. The van der Waals surface area contributed by atoms with Crippen LogP contribution in [0.15, 0.2) is 4.52 Å². The lowest BCUT2D eigenvalue weighted by atomic mass is 10.0. The van der Waals surface area contributed by atoms with Crippen molar-refractivity contribution >= 4 is 0 Å². The molecule has 0 aromatic carbocycles. The summed E-state index contributed by atoms with van der Waals surface area (Å²) >= 11 is 0. The van der Waals surface area contributed by atoms with Gasteiger partial charge >= 0.3 is 0 Å². The van der Waals surface area contributed by atoms with E-state index in [1.54, 1.807) is 0 Å². The predicted molar refractivity (Wildman–Crippen MR) is 55.6 cm³/mol. The Morgan fingerprint density at radius 1 is 1.27 bits per heavy atom. The van der Waals surface area contributed by atoms with Gasteiger partial charge in [0.1, 0.15) is 0 Å². The van der Waals surface area contributed by atoms with E-state index >= 15 is 0 Å². The average Bonchev–Trinajstić information content (AvgIpc) is 3.02. The minimum Gasteiger partial charge on any atom is -0.339 e. The number of hydrogen-bond donors (Lipinski definition) is 1. The lowest BCUT2D eigenvalue weighted by Crippen LogP contribution is -2.35. The molecule has 3 rings (SSSR count). The molecule has 0 amide bonds. The molecule has 2 aliphatic rings. The zero-order valence-electron chi connectivity index (χ0n) is 8.91. The largest absolute Gasteiger partial charge is 0.339 e. The minimum atomic E-state index is 0.547. The van der Waals surface area contributed by atoms with E-state index in [-0.39, 0.29) is 0 Å². The van der Waals surface area contributed by atoms with E-state index in [1.807, 2.05) is 0 Å². The smallest absolute Gasteiger partial charge is 0.228 e. The van der Waals surface area contributed by atoms with Gasteiger partial charge < -0.3 is 9.84 Å². The van der Waals surface area contributed by atoms with Gasteiger partial charge in [-0.05, 0) is 32.2 Å². The van der Waals surface area contributed by atoms with Gasteiger partial charge in [-0.15, -0.1) is 0 Å². The zero-order valence-corrected chi connectivity index (χ0v) is 8.91. The van der Waals surface area contributed by atoms with E-state index in [9.17, 15) is 0 Å². The molecule has 0 radical (unpaired) electrons. The minimum absolute atomic E-state index is 0.547. The van der Waals surface area contributed by atoms with Gasteiger partial charge in [-0.2, -0.15) is 4.98 Å². The Morgan fingerprint density at radius 3 is 2.93 bits per heavy atom. The van der Waals surface area contributed by atoms with Crippen LogP contribution in [-0.4, -0.2) is 22.7 Å². The molecule has 0 bridgehead atoms. The van der Waals surface area contributed by atoms with Crippen LogP contribution in [0.5, 0.6) is 0 Å². The molecular formula is C11H17N3O. The van der Waals surface area contributed by atoms with Crippen LogP contribution >= 0.6 is 0 Å². The number of hydrogen-bond acceptors (Lipinski definition) is 4. The molecule has 15 heavy (non-hydrogen) atoms. The Labute approximate surface area is 89.4 Å². The summed E-state index contributed by atoms with van der Waals surface area (Å²) in [5.74, 6) is 2.35. The van der Waals surface area contributed by atoms with E-state index < -0.39 is 0 Å². The third-order valence-electron chi connectivity index (χ3n) is 3.26. The summed E-state index contributed by atoms with van der Waals surface area (Å²) in [5, 5.41) is 7.52. The first kappa shape index (κ1) is 9.33. The van der Waals surface area contributed by atoms with Crippen molar-refractivity contribution in [3.8, 4) is 0 Å². The van der Waals surface area contributed by atoms with E-state index in [1.165, 1.54) is 32.1 Å². The van der Waals surface area contributed by atoms with Gasteiger partial charge in [0.15, 0.2) is 5.82 Å². The fourth-order valence-corrected chi connectivity index (χ4v) is 2.17. The number of rotatable bonds is 3.